The van der Waals surface area contributed by atoms with Gasteiger partial charge in [0.1, 0.15) is 11.6 Å². The Kier molecular flexibility index (Phi) is 7.05. The SMILES string of the molecule is O=C(C=C1CCC(Oc2ccccc2)CC1)C[C@H]1CCN(Cc2ccc3cc(F)ccc3c2)C1. The van der Waals surface area contributed by atoms with E-state index in [-0.39, 0.29) is 17.7 Å². The fourth-order valence-electron chi connectivity index (χ4n) is 5.33. The van der Waals surface area contributed by atoms with Gasteiger partial charge in [-0.15, -0.1) is 0 Å². The summed E-state index contributed by atoms with van der Waals surface area (Å²) in [6.45, 7) is 2.86. The predicted octanol–water partition coefficient (Wildman–Crippen LogP) is 6.71. The molecule has 0 N–H and O–H groups in total. The first-order chi connectivity index (χ1) is 16.6. The van der Waals surface area contributed by atoms with Crippen LogP contribution in [0.15, 0.2) is 78.4 Å². The lowest BCUT2D eigenvalue weighted by molar-refractivity contribution is -0.115. The maximum atomic E-state index is 13.4. The van der Waals surface area contributed by atoms with Crippen LogP contribution in [-0.2, 0) is 11.3 Å². The Bertz CT molecular complexity index is 1160. The van der Waals surface area contributed by atoms with E-state index in [2.05, 4.69) is 17.0 Å². The molecule has 5 rings (SSSR count). The van der Waals surface area contributed by atoms with E-state index in [9.17, 15) is 9.18 Å². The average molecular weight is 458 g/mol. The molecule has 2 fully saturated rings. The topological polar surface area (TPSA) is 29.5 Å². The van der Waals surface area contributed by atoms with Gasteiger partial charge in [-0.3, -0.25) is 9.69 Å². The number of halogens is 1. The van der Waals surface area contributed by atoms with E-state index in [1.54, 1.807) is 6.07 Å². The highest BCUT2D eigenvalue weighted by molar-refractivity contribution is 5.90. The minimum absolute atomic E-state index is 0.198. The zero-order valence-electron chi connectivity index (χ0n) is 19.6. The summed E-state index contributed by atoms with van der Waals surface area (Å²) in [5.41, 5.74) is 2.52. The van der Waals surface area contributed by atoms with Crippen molar-refractivity contribution < 1.29 is 13.9 Å². The molecule has 0 unspecified atom stereocenters. The van der Waals surface area contributed by atoms with Gasteiger partial charge in [-0.25, -0.2) is 4.39 Å². The van der Waals surface area contributed by atoms with Crippen LogP contribution in [0.1, 0.15) is 44.1 Å². The molecule has 4 heteroatoms. The second-order valence-corrected chi connectivity index (χ2v) is 9.82. The first-order valence-corrected chi connectivity index (χ1v) is 12.5. The molecule has 3 nitrogen and oxygen atoms in total. The molecule has 1 saturated carbocycles. The first kappa shape index (κ1) is 22.8. The number of rotatable bonds is 7. The largest absolute Gasteiger partial charge is 0.490 e. The number of allylic oxidation sites excluding steroid dienone is 2. The molecular formula is C30H32FNO2. The summed E-state index contributed by atoms with van der Waals surface area (Å²) in [5.74, 6) is 1.43. The van der Waals surface area contributed by atoms with E-state index in [0.29, 0.717) is 12.3 Å². The van der Waals surface area contributed by atoms with Gasteiger partial charge in [0.05, 0.1) is 6.10 Å². The number of nitrogens with zero attached hydrogens (tertiary/aromatic N) is 1. The van der Waals surface area contributed by atoms with Gasteiger partial charge in [-0.05, 0) is 97.3 Å². The predicted molar refractivity (Wildman–Crippen MR) is 134 cm³/mol. The molecule has 1 heterocycles. The summed E-state index contributed by atoms with van der Waals surface area (Å²) in [6.07, 6.45) is 7.73. The molecule has 0 spiro atoms. The van der Waals surface area contributed by atoms with Crippen LogP contribution in [0.25, 0.3) is 10.8 Å². The first-order valence-electron chi connectivity index (χ1n) is 12.5. The van der Waals surface area contributed by atoms with Gasteiger partial charge in [0, 0.05) is 19.5 Å². The molecule has 2 aliphatic rings. The number of hydrogen-bond acceptors (Lipinski definition) is 3. The van der Waals surface area contributed by atoms with E-state index >= 15 is 0 Å². The van der Waals surface area contributed by atoms with Gasteiger partial charge in [0.25, 0.3) is 0 Å². The molecule has 1 aliphatic heterocycles. The Morgan fingerprint density at radius 3 is 2.56 bits per heavy atom. The minimum atomic E-state index is -0.198. The number of benzene rings is 3. The third kappa shape index (κ3) is 5.92. The van der Waals surface area contributed by atoms with Crippen LogP contribution >= 0.6 is 0 Å². The van der Waals surface area contributed by atoms with Crippen LogP contribution in [0.4, 0.5) is 4.39 Å². The molecule has 0 bridgehead atoms. The molecule has 3 aromatic rings. The van der Waals surface area contributed by atoms with Crippen molar-refractivity contribution in [3.8, 4) is 5.75 Å². The Balaban J connectivity index is 1.08. The Morgan fingerprint density at radius 2 is 1.74 bits per heavy atom. The molecule has 3 aromatic carbocycles. The zero-order valence-corrected chi connectivity index (χ0v) is 19.6. The van der Waals surface area contributed by atoms with Crippen molar-refractivity contribution in [2.75, 3.05) is 13.1 Å². The summed E-state index contributed by atoms with van der Waals surface area (Å²) in [7, 11) is 0. The summed E-state index contributed by atoms with van der Waals surface area (Å²) < 4.78 is 19.5. The fraction of sp³-hybridized carbons (Fsp3) is 0.367. The van der Waals surface area contributed by atoms with Gasteiger partial charge in [-0.1, -0.05) is 42.0 Å². The van der Waals surface area contributed by atoms with Gasteiger partial charge >= 0.3 is 0 Å². The molecule has 0 amide bonds. The van der Waals surface area contributed by atoms with Crippen LogP contribution in [0.5, 0.6) is 5.75 Å². The van der Waals surface area contributed by atoms with Gasteiger partial charge in [0.2, 0.25) is 0 Å². The number of hydrogen-bond donors (Lipinski definition) is 0. The highest BCUT2D eigenvalue weighted by atomic mass is 19.1. The Labute approximate surface area is 201 Å². The van der Waals surface area contributed by atoms with E-state index in [0.717, 1.165) is 68.3 Å². The Hall–Kier alpha value is -2.98. The second kappa shape index (κ2) is 10.5. The molecular weight excluding hydrogens is 425 g/mol. The van der Waals surface area contributed by atoms with Gasteiger partial charge in [-0.2, -0.15) is 0 Å². The van der Waals surface area contributed by atoms with Crippen molar-refractivity contribution in [2.45, 2.75) is 51.2 Å². The lowest BCUT2D eigenvalue weighted by Crippen LogP contribution is -2.21. The van der Waals surface area contributed by atoms with E-state index in [1.165, 1.54) is 17.2 Å². The Morgan fingerprint density at radius 1 is 0.971 bits per heavy atom. The normalized spacial score (nSPS) is 21.0. The third-order valence-corrected chi connectivity index (χ3v) is 7.12. The van der Waals surface area contributed by atoms with Crippen molar-refractivity contribution in [1.29, 1.82) is 0 Å². The highest BCUT2D eigenvalue weighted by Gasteiger charge is 2.25. The third-order valence-electron chi connectivity index (χ3n) is 7.12. The summed E-state index contributed by atoms with van der Waals surface area (Å²) >= 11 is 0. The molecule has 1 atom stereocenters. The lowest BCUT2D eigenvalue weighted by atomic mass is 9.90. The standard InChI is InChI=1S/C30H32FNO2/c31-27-11-10-25-16-23(6-9-26(25)19-27)20-32-15-14-24(21-32)18-28(33)17-22-7-12-30(13-8-22)34-29-4-2-1-3-5-29/h1-6,9-11,16-17,19,24,30H,7-8,12-15,18,20-21H2/t24-,30?/m1/s1. The molecule has 176 valence electrons. The number of carbonyl (C=O) groups excluding carboxylic acids is 1. The fourth-order valence-corrected chi connectivity index (χ4v) is 5.33. The lowest BCUT2D eigenvalue weighted by Gasteiger charge is -2.25. The van der Waals surface area contributed by atoms with E-state index in [4.69, 9.17) is 4.74 Å². The summed E-state index contributed by atoms with van der Waals surface area (Å²) in [4.78, 5) is 15.2. The van der Waals surface area contributed by atoms with Crippen molar-refractivity contribution >= 4 is 16.6 Å². The highest BCUT2D eigenvalue weighted by Crippen LogP contribution is 2.28. The average Bonchev–Trinajstić information content (AvgIpc) is 3.27. The van der Waals surface area contributed by atoms with Gasteiger partial charge in [0.15, 0.2) is 5.78 Å². The van der Waals surface area contributed by atoms with E-state index in [1.807, 2.05) is 48.5 Å². The molecule has 1 saturated heterocycles. The maximum Gasteiger partial charge on any atom is 0.155 e. The number of likely N-dealkylation sites (tertiary alicyclic amines) is 1. The molecule has 0 aromatic heterocycles. The minimum Gasteiger partial charge on any atom is -0.490 e. The van der Waals surface area contributed by atoms with Gasteiger partial charge < -0.3 is 4.74 Å². The second-order valence-electron chi connectivity index (χ2n) is 9.82. The van der Waals surface area contributed by atoms with Crippen LogP contribution in [0, 0.1) is 11.7 Å². The number of para-hydroxylation sites is 1. The number of fused-ring (bicyclic) bond motifs is 1. The maximum absolute atomic E-state index is 13.4. The van der Waals surface area contributed by atoms with Crippen LogP contribution in [0.3, 0.4) is 0 Å². The van der Waals surface area contributed by atoms with E-state index < -0.39 is 0 Å². The number of ether oxygens (including phenoxy) is 1. The monoisotopic (exact) mass is 457 g/mol. The van der Waals surface area contributed by atoms with Crippen LogP contribution < -0.4 is 4.74 Å². The van der Waals surface area contributed by atoms with Crippen LogP contribution in [-0.4, -0.2) is 29.9 Å². The van der Waals surface area contributed by atoms with Crippen LogP contribution in [0.2, 0.25) is 0 Å². The quantitative estimate of drug-likeness (QED) is 0.369. The number of carbonyl (C=O) groups is 1. The molecule has 1 aliphatic carbocycles. The van der Waals surface area contributed by atoms with Crippen molar-refractivity contribution in [3.63, 3.8) is 0 Å². The molecule has 0 radical (unpaired) electrons. The van der Waals surface area contributed by atoms with Crippen molar-refractivity contribution in [3.05, 3.63) is 89.8 Å². The zero-order chi connectivity index (χ0) is 23.3. The van der Waals surface area contributed by atoms with Crippen molar-refractivity contribution in [1.82, 2.24) is 4.90 Å². The summed E-state index contributed by atoms with van der Waals surface area (Å²) in [6, 6.07) is 21.2. The number of ketones is 1. The smallest absolute Gasteiger partial charge is 0.155 e. The summed E-state index contributed by atoms with van der Waals surface area (Å²) in [5, 5.41) is 2.00. The van der Waals surface area contributed by atoms with Crippen molar-refractivity contribution in [2.24, 2.45) is 5.92 Å². The molecule has 34 heavy (non-hydrogen) atoms.